The quantitative estimate of drug-likeness (QED) is 0.847. The summed E-state index contributed by atoms with van der Waals surface area (Å²) in [6.45, 7) is 1.87. The first-order valence-electron chi connectivity index (χ1n) is 6.86. The third kappa shape index (κ3) is 3.47. The number of ether oxygens (including phenoxy) is 2. The number of aliphatic hydroxyl groups excluding tert-OH is 1. The highest BCUT2D eigenvalue weighted by molar-refractivity contribution is 5.30. The van der Waals surface area contributed by atoms with Crippen molar-refractivity contribution in [2.24, 2.45) is 11.7 Å². The molecule has 19 heavy (non-hydrogen) atoms. The molecule has 106 valence electrons. The molecular weight excluding hydrogens is 242 g/mol. The Bertz CT molecular complexity index is 373. The molecule has 0 saturated carbocycles. The maximum Gasteiger partial charge on any atom is 0.118 e. The molecule has 0 radical (unpaired) electrons. The largest absolute Gasteiger partial charge is 0.497 e. The van der Waals surface area contributed by atoms with Gasteiger partial charge in [-0.2, -0.15) is 0 Å². The van der Waals surface area contributed by atoms with Crippen molar-refractivity contribution in [2.45, 2.75) is 24.9 Å². The van der Waals surface area contributed by atoms with Gasteiger partial charge in [-0.15, -0.1) is 0 Å². The Kier molecular flexibility index (Phi) is 5.19. The Morgan fingerprint density at radius 1 is 1.42 bits per heavy atom. The van der Waals surface area contributed by atoms with E-state index < -0.39 is 6.10 Å². The molecule has 0 spiro atoms. The SMILES string of the molecule is COc1ccc(C(CN)C(O)C2CCCOC2)cc1. The number of methoxy groups -OCH3 is 1. The molecule has 1 aliphatic heterocycles. The van der Waals surface area contributed by atoms with Crippen molar-refractivity contribution in [1.82, 2.24) is 0 Å². The van der Waals surface area contributed by atoms with Gasteiger partial charge in [0.1, 0.15) is 5.75 Å². The molecule has 0 aliphatic carbocycles. The van der Waals surface area contributed by atoms with Crippen molar-refractivity contribution in [3.63, 3.8) is 0 Å². The molecule has 3 unspecified atom stereocenters. The van der Waals surface area contributed by atoms with Crippen molar-refractivity contribution >= 4 is 0 Å². The second-order valence-electron chi connectivity index (χ2n) is 5.08. The van der Waals surface area contributed by atoms with Crippen LogP contribution in [0.1, 0.15) is 24.3 Å². The van der Waals surface area contributed by atoms with Crippen LogP contribution in [0.3, 0.4) is 0 Å². The monoisotopic (exact) mass is 265 g/mol. The zero-order valence-electron chi connectivity index (χ0n) is 11.4. The van der Waals surface area contributed by atoms with Gasteiger partial charge in [0.2, 0.25) is 0 Å². The minimum absolute atomic E-state index is 0.0439. The molecule has 1 aromatic carbocycles. The fraction of sp³-hybridized carbons (Fsp3) is 0.600. The molecule has 3 atom stereocenters. The Balaban J connectivity index is 2.08. The Hall–Kier alpha value is -1.10. The predicted octanol–water partition coefficient (Wildman–Crippen LogP) is 1.52. The van der Waals surface area contributed by atoms with Crippen LogP contribution in [0.15, 0.2) is 24.3 Å². The highest BCUT2D eigenvalue weighted by Crippen LogP contribution is 2.29. The number of aliphatic hydroxyl groups is 1. The van der Waals surface area contributed by atoms with Gasteiger partial charge in [0.25, 0.3) is 0 Å². The lowest BCUT2D eigenvalue weighted by molar-refractivity contribution is -0.0184. The van der Waals surface area contributed by atoms with Gasteiger partial charge in [-0.25, -0.2) is 0 Å². The Morgan fingerprint density at radius 2 is 2.16 bits per heavy atom. The molecule has 1 aliphatic rings. The van der Waals surface area contributed by atoms with Crippen LogP contribution in [0.5, 0.6) is 5.75 Å². The van der Waals surface area contributed by atoms with E-state index in [2.05, 4.69) is 0 Å². The van der Waals surface area contributed by atoms with Gasteiger partial charge in [-0.3, -0.25) is 0 Å². The van der Waals surface area contributed by atoms with E-state index in [1.54, 1.807) is 7.11 Å². The molecule has 0 bridgehead atoms. The van der Waals surface area contributed by atoms with Crippen molar-refractivity contribution in [1.29, 1.82) is 0 Å². The molecule has 1 heterocycles. The molecule has 4 nitrogen and oxygen atoms in total. The van der Waals surface area contributed by atoms with E-state index in [4.69, 9.17) is 15.2 Å². The topological polar surface area (TPSA) is 64.7 Å². The van der Waals surface area contributed by atoms with Crippen LogP contribution in [0.25, 0.3) is 0 Å². The third-order valence-electron chi connectivity index (χ3n) is 3.89. The molecular formula is C15H23NO3. The number of nitrogens with two attached hydrogens (primary N) is 1. The Morgan fingerprint density at radius 3 is 2.68 bits per heavy atom. The lowest BCUT2D eigenvalue weighted by atomic mass is 9.83. The molecule has 1 fully saturated rings. The molecule has 1 aromatic rings. The number of hydrogen-bond donors (Lipinski definition) is 2. The van der Waals surface area contributed by atoms with Crippen molar-refractivity contribution in [2.75, 3.05) is 26.9 Å². The van der Waals surface area contributed by atoms with Crippen LogP contribution in [0.2, 0.25) is 0 Å². The first-order valence-corrected chi connectivity index (χ1v) is 6.86. The second-order valence-corrected chi connectivity index (χ2v) is 5.08. The van der Waals surface area contributed by atoms with E-state index in [1.165, 1.54) is 0 Å². The average Bonchev–Trinajstić information content (AvgIpc) is 2.49. The fourth-order valence-electron chi connectivity index (χ4n) is 2.69. The van der Waals surface area contributed by atoms with Crippen LogP contribution in [-0.2, 0) is 4.74 Å². The summed E-state index contributed by atoms with van der Waals surface area (Å²) < 4.78 is 10.6. The van der Waals surface area contributed by atoms with E-state index >= 15 is 0 Å². The summed E-state index contributed by atoms with van der Waals surface area (Å²) in [6, 6.07) is 7.76. The molecule has 1 saturated heterocycles. The minimum atomic E-state index is -0.446. The molecule has 0 aromatic heterocycles. The van der Waals surface area contributed by atoms with E-state index in [0.717, 1.165) is 30.8 Å². The van der Waals surface area contributed by atoms with Crippen LogP contribution in [0.4, 0.5) is 0 Å². The number of rotatable bonds is 5. The molecule has 0 amide bonds. The molecule has 3 N–H and O–H groups in total. The smallest absolute Gasteiger partial charge is 0.118 e. The summed E-state index contributed by atoms with van der Waals surface area (Å²) in [6.07, 6.45) is 1.58. The van der Waals surface area contributed by atoms with Crippen LogP contribution < -0.4 is 10.5 Å². The lowest BCUT2D eigenvalue weighted by Crippen LogP contribution is -2.36. The van der Waals surface area contributed by atoms with Crippen molar-refractivity contribution in [3.8, 4) is 5.75 Å². The van der Waals surface area contributed by atoms with Gasteiger partial charge in [0, 0.05) is 25.0 Å². The van der Waals surface area contributed by atoms with Gasteiger partial charge < -0.3 is 20.3 Å². The maximum atomic E-state index is 10.5. The zero-order chi connectivity index (χ0) is 13.7. The third-order valence-corrected chi connectivity index (χ3v) is 3.89. The maximum absolute atomic E-state index is 10.5. The highest BCUT2D eigenvalue weighted by Gasteiger charge is 2.29. The van der Waals surface area contributed by atoms with Crippen LogP contribution in [-0.4, -0.2) is 38.1 Å². The van der Waals surface area contributed by atoms with E-state index in [0.29, 0.717) is 13.2 Å². The average molecular weight is 265 g/mol. The molecule has 4 heteroatoms. The van der Waals surface area contributed by atoms with Gasteiger partial charge in [-0.1, -0.05) is 12.1 Å². The lowest BCUT2D eigenvalue weighted by Gasteiger charge is -2.32. The van der Waals surface area contributed by atoms with Gasteiger partial charge in [0.05, 0.1) is 19.8 Å². The summed E-state index contributed by atoms with van der Waals surface area (Å²) >= 11 is 0. The Labute approximate surface area is 114 Å². The zero-order valence-corrected chi connectivity index (χ0v) is 11.4. The summed E-state index contributed by atoms with van der Waals surface area (Å²) in [5.74, 6) is 0.956. The van der Waals surface area contributed by atoms with E-state index in [9.17, 15) is 5.11 Å². The minimum Gasteiger partial charge on any atom is -0.497 e. The number of benzene rings is 1. The van der Waals surface area contributed by atoms with Gasteiger partial charge in [-0.05, 0) is 30.5 Å². The summed E-state index contributed by atoms with van der Waals surface area (Å²) in [4.78, 5) is 0. The standard InChI is InChI=1S/C15H23NO3/c1-18-13-6-4-11(5-7-13)14(9-16)15(17)12-3-2-8-19-10-12/h4-7,12,14-15,17H,2-3,8-10,16H2,1H3. The normalized spacial score (nSPS) is 22.8. The van der Waals surface area contributed by atoms with Crippen molar-refractivity contribution in [3.05, 3.63) is 29.8 Å². The van der Waals surface area contributed by atoms with Crippen LogP contribution in [0, 0.1) is 5.92 Å². The first kappa shape index (κ1) is 14.3. The fourth-order valence-corrected chi connectivity index (χ4v) is 2.69. The summed E-state index contributed by atoms with van der Waals surface area (Å²) in [7, 11) is 1.64. The highest BCUT2D eigenvalue weighted by atomic mass is 16.5. The van der Waals surface area contributed by atoms with Gasteiger partial charge >= 0.3 is 0 Å². The van der Waals surface area contributed by atoms with Gasteiger partial charge in [0.15, 0.2) is 0 Å². The van der Waals surface area contributed by atoms with Crippen molar-refractivity contribution < 1.29 is 14.6 Å². The van der Waals surface area contributed by atoms with Crippen LogP contribution >= 0.6 is 0 Å². The summed E-state index contributed by atoms with van der Waals surface area (Å²) in [5, 5.41) is 10.5. The predicted molar refractivity (Wildman–Crippen MR) is 74.3 cm³/mol. The van der Waals surface area contributed by atoms with E-state index in [-0.39, 0.29) is 11.8 Å². The molecule has 2 rings (SSSR count). The second kappa shape index (κ2) is 6.89. The number of hydrogen-bond acceptors (Lipinski definition) is 4. The first-order chi connectivity index (χ1) is 9.26. The van der Waals surface area contributed by atoms with E-state index in [1.807, 2.05) is 24.3 Å². The summed E-state index contributed by atoms with van der Waals surface area (Å²) in [5.41, 5.74) is 6.91.